The minimum atomic E-state index is -0.597. The zero-order valence-corrected chi connectivity index (χ0v) is 31.4. The Kier molecular flexibility index (Phi) is 27.9. The van der Waals surface area contributed by atoms with Crippen molar-refractivity contribution in [1.82, 2.24) is 10.9 Å². The molecule has 0 saturated heterocycles. The van der Waals surface area contributed by atoms with Gasteiger partial charge in [-0.3, -0.25) is 24.6 Å². The minimum absolute atomic E-state index is 0.00865. The van der Waals surface area contributed by atoms with Crippen LogP contribution in [0.25, 0.3) is 0 Å². The molecular formula is C36H65N11O4. The highest BCUT2D eigenvalue weighted by atomic mass is 16.2. The number of amides is 2. The average Bonchev–Trinajstić information content (AvgIpc) is 3.10. The Bertz CT molecular complexity index is 1180. The fourth-order valence-electron chi connectivity index (χ4n) is 5.28. The summed E-state index contributed by atoms with van der Waals surface area (Å²) in [5, 5.41) is 16.2. The Labute approximate surface area is 304 Å². The molecule has 0 aromatic heterocycles. The molecule has 0 aliphatic rings. The van der Waals surface area contributed by atoms with E-state index in [-0.39, 0.29) is 30.2 Å². The molecule has 15 nitrogen and oxygen atoms in total. The molecule has 4 unspecified atom stereocenters. The maximum atomic E-state index is 12.2. The van der Waals surface area contributed by atoms with Crippen LogP contribution >= 0.6 is 0 Å². The van der Waals surface area contributed by atoms with Gasteiger partial charge in [-0.1, -0.05) is 39.5 Å². The maximum absolute atomic E-state index is 12.2. The predicted molar refractivity (Wildman–Crippen MR) is 209 cm³/mol. The van der Waals surface area contributed by atoms with E-state index in [4.69, 9.17) is 22.6 Å². The van der Waals surface area contributed by atoms with E-state index in [1.54, 1.807) is 20.3 Å². The van der Waals surface area contributed by atoms with Gasteiger partial charge in [-0.25, -0.2) is 10.9 Å². The summed E-state index contributed by atoms with van der Waals surface area (Å²) in [6, 6.07) is -0.301. The normalized spacial score (nSPS) is 15.0. The molecule has 9 N–H and O–H groups in total. The van der Waals surface area contributed by atoms with Crippen LogP contribution in [0.4, 0.5) is 0 Å². The van der Waals surface area contributed by atoms with Crippen LogP contribution in [0.1, 0.15) is 129 Å². The third-order valence-corrected chi connectivity index (χ3v) is 8.73. The molecule has 0 aliphatic carbocycles. The second kappa shape index (κ2) is 30.5. The zero-order valence-electron chi connectivity index (χ0n) is 31.4. The summed E-state index contributed by atoms with van der Waals surface area (Å²) in [7, 11) is 3.38. The Morgan fingerprint density at radius 1 is 0.647 bits per heavy atom. The van der Waals surface area contributed by atoms with Crippen LogP contribution in [-0.4, -0.2) is 80.2 Å². The number of amidine groups is 3. The molecule has 0 radical (unpaired) electrons. The van der Waals surface area contributed by atoms with Gasteiger partial charge in [-0.05, 0) is 69.1 Å². The molecule has 4 atom stereocenters. The number of nitrogens with one attached hydrogen (secondary N) is 3. The number of rotatable bonds is 31. The lowest BCUT2D eigenvalue weighted by Crippen LogP contribution is -2.27. The number of nitrogens with two attached hydrogens (primary N) is 3. The fraction of sp³-hybridized carbons (Fsp3) is 0.722. The standard InChI is InChI=1S/C36H65N11O4/c1-27(29(19-23-48)25-30(37)13-9-5-6-10-14-32(38)41-3)17-21-43-46-35(50)26-36(51)47-44-22-18-28(2)31(20-24-49)45-34(40)16-12-8-7-11-15-33(39)42-4/h21-24,27-29,31,37H,5-20,25-26H2,1-4H3,(H2,38,41)(H2,39,42)(H2,40,45)(H,46,50)(H,47,51)/b37-30?,43-21-,44-22-. The smallest absolute Gasteiger partial charge is 0.249 e. The van der Waals surface area contributed by atoms with E-state index in [1.807, 2.05) is 13.8 Å². The van der Waals surface area contributed by atoms with Crippen LogP contribution in [0.5, 0.6) is 0 Å². The van der Waals surface area contributed by atoms with Crippen LogP contribution in [0.3, 0.4) is 0 Å². The summed E-state index contributed by atoms with van der Waals surface area (Å²) in [5.41, 5.74) is 22.9. The van der Waals surface area contributed by atoms with Crippen LogP contribution in [0, 0.1) is 23.2 Å². The number of aliphatic imine (C=N–C) groups is 3. The van der Waals surface area contributed by atoms with Gasteiger partial charge in [-0.15, -0.1) is 0 Å². The summed E-state index contributed by atoms with van der Waals surface area (Å²) in [6.45, 7) is 3.93. The molecular weight excluding hydrogens is 650 g/mol. The largest absolute Gasteiger partial charge is 0.387 e. The Balaban J connectivity index is 4.50. The van der Waals surface area contributed by atoms with Gasteiger partial charge >= 0.3 is 0 Å². The quantitative estimate of drug-likeness (QED) is 0.0152. The van der Waals surface area contributed by atoms with Crippen molar-refractivity contribution < 1.29 is 19.2 Å². The molecule has 0 aliphatic heterocycles. The Morgan fingerprint density at radius 3 is 1.57 bits per heavy atom. The molecule has 51 heavy (non-hydrogen) atoms. The second-order valence-corrected chi connectivity index (χ2v) is 13.1. The van der Waals surface area contributed by atoms with Gasteiger partial charge in [0, 0.05) is 64.3 Å². The van der Waals surface area contributed by atoms with Crippen LogP contribution in [0.2, 0.25) is 0 Å². The molecule has 0 spiro atoms. The van der Waals surface area contributed by atoms with Crippen molar-refractivity contribution in [1.29, 1.82) is 5.41 Å². The van der Waals surface area contributed by atoms with E-state index in [2.05, 4.69) is 36.0 Å². The number of aldehydes is 2. The summed E-state index contributed by atoms with van der Waals surface area (Å²) in [5.74, 6) is 0.677. The zero-order chi connectivity index (χ0) is 38.3. The van der Waals surface area contributed by atoms with E-state index in [1.165, 1.54) is 6.21 Å². The highest BCUT2D eigenvalue weighted by Crippen LogP contribution is 2.23. The monoisotopic (exact) mass is 716 g/mol. The first-order valence-electron chi connectivity index (χ1n) is 18.3. The SMILES string of the molecule is CN=C(N)CCCCCCC(=N)CC(CC=O)C(C)C/C=N\NC(=O)CC(=O)N/N=C\CC(C)C(CC=O)N=C(N)CCCCCCC(N)=NC. The molecule has 0 rings (SSSR count). The van der Waals surface area contributed by atoms with Crippen molar-refractivity contribution in [2.75, 3.05) is 14.1 Å². The third-order valence-electron chi connectivity index (χ3n) is 8.73. The number of unbranched alkanes of at least 4 members (excludes halogenated alkanes) is 6. The van der Waals surface area contributed by atoms with Crippen molar-refractivity contribution in [3.05, 3.63) is 0 Å². The number of nitrogens with zero attached hydrogens (tertiary/aromatic N) is 5. The number of carbonyl (C=O) groups excluding carboxylic acids is 4. The van der Waals surface area contributed by atoms with Crippen LogP contribution < -0.4 is 28.1 Å². The van der Waals surface area contributed by atoms with Crippen molar-refractivity contribution in [3.63, 3.8) is 0 Å². The molecule has 0 bridgehead atoms. The predicted octanol–water partition coefficient (Wildman–Crippen LogP) is 4.22. The topological polar surface area (TPSA) is 256 Å². The molecule has 0 fully saturated rings. The number of hydrazone groups is 2. The maximum Gasteiger partial charge on any atom is 0.249 e. The summed E-state index contributed by atoms with van der Waals surface area (Å²) in [6.07, 6.45) is 17.2. The summed E-state index contributed by atoms with van der Waals surface area (Å²) in [4.78, 5) is 59.3. The lowest BCUT2D eigenvalue weighted by molar-refractivity contribution is -0.129. The average molecular weight is 716 g/mol. The number of hydrogen-bond donors (Lipinski definition) is 6. The van der Waals surface area contributed by atoms with Gasteiger partial charge in [0.15, 0.2) is 0 Å². The van der Waals surface area contributed by atoms with Crippen molar-refractivity contribution in [2.45, 2.75) is 135 Å². The van der Waals surface area contributed by atoms with Gasteiger partial charge < -0.3 is 32.2 Å². The van der Waals surface area contributed by atoms with E-state index in [0.29, 0.717) is 61.7 Å². The fourth-order valence-corrected chi connectivity index (χ4v) is 5.28. The highest BCUT2D eigenvalue weighted by Gasteiger charge is 2.19. The highest BCUT2D eigenvalue weighted by molar-refractivity contribution is 5.97. The number of carbonyl (C=O) groups is 4. The first kappa shape index (κ1) is 46.7. The molecule has 0 aromatic rings. The van der Waals surface area contributed by atoms with Crippen molar-refractivity contribution >= 4 is 60.0 Å². The van der Waals surface area contributed by atoms with E-state index >= 15 is 0 Å². The second-order valence-electron chi connectivity index (χ2n) is 13.1. The van der Waals surface area contributed by atoms with Crippen LogP contribution in [0.15, 0.2) is 25.2 Å². The van der Waals surface area contributed by atoms with Gasteiger partial charge in [0.1, 0.15) is 19.0 Å². The van der Waals surface area contributed by atoms with Crippen molar-refractivity contribution in [2.24, 2.45) is 60.1 Å². The molecule has 0 aromatic carbocycles. The van der Waals surface area contributed by atoms with Gasteiger partial charge in [0.2, 0.25) is 11.8 Å². The third kappa shape index (κ3) is 26.2. The lowest BCUT2D eigenvalue weighted by Gasteiger charge is -2.21. The van der Waals surface area contributed by atoms with E-state index in [9.17, 15) is 19.2 Å². The molecule has 288 valence electrons. The van der Waals surface area contributed by atoms with E-state index in [0.717, 1.165) is 76.8 Å². The molecule has 2 amide bonds. The van der Waals surface area contributed by atoms with E-state index < -0.39 is 18.2 Å². The molecule has 15 heteroatoms. The van der Waals surface area contributed by atoms with Gasteiger partial charge in [0.05, 0.1) is 23.5 Å². The van der Waals surface area contributed by atoms with Crippen molar-refractivity contribution in [3.8, 4) is 0 Å². The molecule has 0 saturated carbocycles. The summed E-state index contributed by atoms with van der Waals surface area (Å²) < 4.78 is 0. The molecule has 0 heterocycles. The summed E-state index contributed by atoms with van der Waals surface area (Å²) >= 11 is 0. The number of hydrogen-bond acceptors (Lipinski definition) is 10. The Morgan fingerprint density at radius 2 is 1.10 bits per heavy atom. The Hall–Kier alpha value is -4.30. The first-order chi connectivity index (χ1) is 24.5. The van der Waals surface area contributed by atoms with Crippen LogP contribution in [-0.2, 0) is 19.2 Å². The van der Waals surface area contributed by atoms with Gasteiger partial charge in [-0.2, -0.15) is 10.2 Å². The first-order valence-corrected chi connectivity index (χ1v) is 18.3. The minimum Gasteiger partial charge on any atom is -0.387 e. The van der Waals surface area contributed by atoms with Gasteiger partial charge in [0.25, 0.3) is 0 Å². The lowest BCUT2D eigenvalue weighted by atomic mass is 9.84.